The molecule has 0 aliphatic heterocycles. The summed E-state index contributed by atoms with van der Waals surface area (Å²) in [7, 11) is 0. The lowest BCUT2D eigenvalue weighted by atomic mass is 10.2. The molecule has 0 aliphatic rings. The molecule has 0 spiro atoms. The fraction of sp³-hybridized carbons (Fsp3) is 0.188. The van der Waals surface area contributed by atoms with Gasteiger partial charge in [-0.15, -0.1) is 0 Å². The van der Waals surface area contributed by atoms with Crippen molar-refractivity contribution in [2.75, 3.05) is 0 Å². The lowest BCUT2D eigenvalue weighted by Gasteiger charge is -2.14. The van der Waals surface area contributed by atoms with Crippen molar-refractivity contribution in [1.29, 1.82) is 0 Å². The van der Waals surface area contributed by atoms with E-state index in [-0.39, 0.29) is 36.1 Å². The second-order valence-electron chi connectivity index (χ2n) is 5.41. The van der Waals surface area contributed by atoms with Gasteiger partial charge in [0.1, 0.15) is 6.54 Å². The molecular formula is C16H15N5O4. The van der Waals surface area contributed by atoms with Crippen molar-refractivity contribution >= 4 is 22.7 Å². The maximum absolute atomic E-state index is 12.2. The van der Waals surface area contributed by atoms with Crippen LogP contribution in [0.2, 0.25) is 0 Å². The minimum atomic E-state index is -0.809. The summed E-state index contributed by atoms with van der Waals surface area (Å²) in [5, 5.41) is 6.56. The Hall–Kier alpha value is -3.49. The summed E-state index contributed by atoms with van der Waals surface area (Å²) in [5.74, 6) is -1.29. The van der Waals surface area contributed by atoms with Crippen LogP contribution in [0.1, 0.15) is 22.2 Å². The lowest BCUT2D eigenvalue weighted by Crippen LogP contribution is -2.28. The van der Waals surface area contributed by atoms with Gasteiger partial charge in [-0.1, -0.05) is 17.3 Å². The average Bonchev–Trinajstić information content (AvgIpc) is 3.06. The van der Waals surface area contributed by atoms with E-state index in [1.54, 1.807) is 35.8 Å². The molecule has 3 aromatic rings. The first-order valence-electron chi connectivity index (χ1n) is 7.44. The number of fused-ring (bicyclic) bond motifs is 1. The number of aryl methyl sites for hydroxylation is 1. The summed E-state index contributed by atoms with van der Waals surface area (Å²) in [6, 6.07) is 8.57. The minimum Gasteiger partial charge on any atom is -0.363 e. The summed E-state index contributed by atoms with van der Waals surface area (Å²) in [5.41, 5.74) is 6.29. The highest BCUT2D eigenvalue weighted by Gasteiger charge is 2.13. The smallest absolute Gasteiger partial charge is 0.290 e. The lowest BCUT2D eigenvalue weighted by molar-refractivity contribution is -0.121. The molecule has 0 saturated heterocycles. The molecule has 0 aliphatic carbocycles. The van der Waals surface area contributed by atoms with E-state index in [1.807, 2.05) is 0 Å². The topological polar surface area (TPSA) is 133 Å². The third kappa shape index (κ3) is 3.39. The van der Waals surface area contributed by atoms with Crippen LogP contribution in [0.15, 0.2) is 39.6 Å². The van der Waals surface area contributed by atoms with Crippen molar-refractivity contribution < 1.29 is 14.1 Å². The number of benzene rings is 1. The van der Waals surface area contributed by atoms with Gasteiger partial charge in [-0.05, 0) is 19.1 Å². The summed E-state index contributed by atoms with van der Waals surface area (Å²) >= 11 is 0. The molecule has 0 radical (unpaired) electrons. The van der Waals surface area contributed by atoms with Gasteiger partial charge in [0, 0.05) is 17.1 Å². The van der Waals surface area contributed by atoms with Crippen molar-refractivity contribution in [3.8, 4) is 0 Å². The highest BCUT2D eigenvalue weighted by molar-refractivity contribution is 5.88. The van der Waals surface area contributed by atoms with Gasteiger partial charge in [0.25, 0.3) is 11.7 Å². The van der Waals surface area contributed by atoms with Crippen LogP contribution < -0.4 is 16.5 Å². The molecule has 9 heteroatoms. The van der Waals surface area contributed by atoms with E-state index in [0.717, 1.165) is 0 Å². The van der Waals surface area contributed by atoms with Gasteiger partial charge in [-0.25, -0.2) is 0 Å². The number of aromatic nitrogens is 3. The first-order chi connectivity index (χ1) is 12.0. The van der Waals surface area contributed by atoms with Crippen molar-refractivity contribution in [3.05, 3.63) is 58.0 Å². The normalized spacial score (nSPS) is 10.8. The van der Waals surface area contributed by atoms with Gasteiger partial charge in [-0.2, -0.15) is 4.98 Å². The van der Waals surface area contributed by atoms with E-state index in [9.17, 15) is 14.4 Å². The molecule has 2 heterocycles. The predicted octanol–water partition coefficient (Wildman–Crippen LogP) is 0.108. The Labute approximate surface area is 141 Å². The van der Waals surface area contributed by atoms with Gasteiger partial charge in [0.2, 0.25) is 11.8 Å². The van der Waals surface area contributed by atoms with Gasteiger partial charge in [0.05, 0.1) is 12.1 Å². The Kier molecular flexibility index (Phi) is 4.29. The molecule has 2 aromatic heterocycles. The quantitative estimate of drug-likeness (QED) is 0.676. The van der Waals surface area contributed by atoms with Crippen molar-refractivity contribution in [1.82, 2.24) is 20.0 Å². The zero-order valence-electron chi connectivity index (χ0n) is 13.4. The maximum Gasteiger partial charge on any atom is 0.290 e. The number of nitrogens with two attached hydrogens (primary N) is 1. The average molecular weight is 341 g/mol. The zero-order chi connectivity index (χ0) is 18.0. The summed E-state index contributed by atoms with van der Waals surface area (Å²) in [4.78, 5) is 38.9. The minimum absolute atomic E-state index is 0.0173. The van der Waals surface area contributed by atoms with Crippen LogP contribution in [-0.4, -0.2) is 26.5 Å². The summed E-state index contributed by atoms with van der Waals surface area (Å²) in [6.45, 7) is 1.75. The number of carbonyl (C=O) groups is 2. The highest BCUT2D eigenvalue weighted by Crippen LogP contribution is 2.12. The number of primary amides is 1. The Morgan fingerprint density at radius 2 is 2.08 bits per heavy atom. The van der Waals surface area contributed by atoms with Gasteiger partial charge in [0.15, 0.2) is 5.43 Å². The van der Waals surface area contributed by atoms with Crippen LogP contribution in [0.3, 0.4) is 0 Å². The second kappa shape index (κ2) is 6.56. The van der Waals surface area contributed by atoms with Gasteiger partial charge in [-0.3, -0.25) is 14.4 Å². The molecule has 2 amide bonds. The third-order valence-corrected chi connectivity index (χ3v) is 3.65. The van der Waals surface area contributed by atoms with Crippen LogP contribution in [0.25, 0.3) is 10.9 Å². The van der Waals surface area contributed by atoms with E-state index < -0.39 is 5.91 Å². The standard InChI is InChI=1S/C16H15N5O4/c1-9-6-12(22)10-4-2-3-5-11(10)21(9)8-13(23)18-7-14-19-16(15(17)24)20-25-14/h2-6H,7-8H2,1H3,(H2,17,24)(H,18,23). The molecule has 1 aromatic carbocycles. The van der Waals surface area contributed by atoms with Gasteiger partial charge >= 0.3 is 0 Å². The van der Waals surface area contributed by atoms with Gasteiger partial charge < -0.3 is 20.1 Å². The van der Waals surface area contributed by atoms with Crippen LogP contribution in [0, 0.1) is 6.92 Å². The van der Waals surface area contributed by atoms with Crippen molar-refractivity contribution in [2.24, 2.45) is 5.73 Å². The first kappa shape index (κ1) is 16.4. The van der Waals surface area contributed by atoms with Crippen LogP contribution in [-0.2, 0) is 17.9 Å². The Bertz CT molecular complexity index is 1020. The fourth-order valence-electron chi connectivity index (χ4n) is 2.46. The zero-order valence-corrected chi connectivity index (χ0v) is 13.4. The van der Waals surface area contributed by atoms with E-state index >= 15 is 0 Å². The van der Waals surface area contributed by atoms with E-state index in [0.29, 0.717) is 16.6 Å². The molecule has 25 heavy (non-hydrogen) atoms. The Morgan fingerprint density at radius 3 is 2.80 bits per heavy atom. The molecular weight excluding hydrogens is 326 g/mol. The third-order valence-electron chi connectivity index (χ3n) is 3.65. The number of carbonyl (C=O) groups excluding carboxylic acids is 2. The second-order valence-corrected chi connectivity index (χ2v) is 5.41. The molecule has 0 unspecified atom stereocenters. The highest BCUT2D eigenvalue weighted by atomic mass is 16.5. The molecule has 9 nitrogen and oxygen atoms in total. The predicted molar refractivity (Wildman–Crippen MR) is 87.6 cm³/mol. The van der Waals surface area contributed by atoms with Crippen LogP contribution >= 0.6 is 0 Å². The number of pyridine rings is 1. The van der Waals surface area contributed by atoms with Crippen molar-refractivity contribution in [2.45, 2.75) is 20.0 Å². The number of hydrogen-bond acceptors (Lipinski definition) is 6. The number of nitrogens with zero attached hydrogens (tertiary/aromatic N) is 3. The molecule has 0 bridgehead atoms. The van der Waals surface area contributed by atoms with E-state index in [1.165, 1.54) is 6.07 Å². The number of amides is 2. The molecule has 3 N–H and O–H groups in total. The number of hydrogen-bond donors (Lipinski definition) is 2. The van der Waals surface area contributed by atoms with Crippen LogP contribution in [0.4, 0.5) is 0 Å². The number of rotatable bonds is 5. The fourth-order valence-corrected chi connectivity index (χ4v) is 2.46. The summed E-state index contributed by atoms with van der Waals surface area (Å²) < 4.78 is 6.56. The number of nitrogens with one attached hydrogen (secondary N) is 1. The van der Waals surface area contributed by atoms with E-state index in [2.05, 4.69) is 15.5 Å². The largest absolute Gasteiger partial charge is 0.363 e. The summed E-state index contributed by atoms with van der Waals surface area (Å²) in [6.07, 6.45) is 0. The first-order valence-corrected chi connectivity index (χ1v) is 7.44. The van der Waals surface area contributed by atoms with Crippen LogP contribution in [0.5, 0.6) is 0 Å². The van der Waals surface area contributed by atoms with E-state index in [4.69, 9.17) is 10.3 Å². The Morgan fingerprint density at radius 1 is 1.32 bits per heavy atom. The maximum atomic E-state index is 12.2. The SMILES string of the molecule is Cc1cc(=O)c2ccccc2n1CC(=O)NCc1nc(C(N)=O)no1. The van der Waals surface area contributed by atoms with Crippen molar-refractivity contribution in [3.63, 3.8) is 0 Å². The molecule has 128 valence electrons. The molecule has 0 saturated carbocycles. The number of para-hydroxylation sites is 1. The Balaban J connectivity index is 1.76. The molecule has 3 rings (SSSR count). The molecule has 0 fully saturated rings. The monoisotopic (exact) mass is 341 g/mol. The molecule has 0 atom stereocenters.